The molecule has 0 amide bonds. The van der Waals surface area contributed by atoms with Gasteiger partial charge in [0.25, 0.3) is 0 Å². The quantitative estimate of drug-likeness (QED) is 0.668. The fraction of sp³-hybridized carbons (Fsp3) is 1.00. The second kappa shape index (κ2) is 7.55. The van der Waals surface area contributed by atoms with Gasteiger partial charge in [-0.05, 0) is 50.2 Å². The van der Waals surface area contributed by atoms with Crippen molar-refractivity contribution in [1.82, 2.24) is 5.32 Å². The van der Waals surface area contributed by atoms with Gasteiger partial charge in [-0.25, -0.2) is 0 Å². The summed E-state index contributed by atoms with van der Waals surface area (Å²) < 4.78 is 0. The standard InChI is InChI=1S/C11H23NOS/c1-2-14-8-4-7-12-10-5-3-6-11(13)9-10/h10-13H,2-9H2,1H3. The van der Waals surface area contributed by atoms with E-state index in [1.165, 1.54) is 30.8 Å². The van der Waals surface area contributed by atoms with Crippen LogP contribution in [0.2, 0.25) is 0 Å². The maximum absolute atomic E-state index is 9.48. The highest BCUT2D eigenvalue weighted by Gasteiger charge is 2.18. The Balaban J connectivity index is 1.95. The van der Waals surface area contributed by atoms with Gasteiger partial charge in [-0.2, -0.15) is 11.8 Å². The van der Waals surface area contributed by atoms with E-state index in [4.69, 9.17) is 0 Å². The lowest BCUT2D eigenvalue weighted by atomic mass is 9.93. The lowest BCUT2D eigenvalue weighted by Crippen LogP contribution is -2.36. The second-order valence-electron chi connectivity index (χ2n) is 4.02. The van der Waals surface area contributed by atoms with Crippen molar-refractivity contribution >= 4 is 11.8 Å². The average molecular weight is 217 g/mol. The van der Waals surface area contributed by atoms with E-state index in [0.29, 0.717) is 6.04 Å². The summed E-state index contributed by atoms with van der Waals surface area (Å²) in [5.74, 6) is 2.49. The van der Waals surface area contributed by atoms with Crippen LogP contribution in [0.15, 0.2) is 0 Å². The van der Waals surface area contributed by atoms with Crippen molar-refractivity contribution in [3.05, 3.63) is 0 Å². The highest BCUT2D eigenvalue weighted by molar-refractivity contribution is 7.99. The zero-order chi connectivity index (χ0) is 10.2. The van der Waals surface area contributed by atoms with Crippen molar-refractivity contribution in [3.8, 4) is 0 Å². The van der Waals surface area contributed by atoms with Gasteiger partial charge in [0.15, 0.2) is 0 Å². The van der Waals surface area contributed by atoms with Gasteiger partial charge in [0.1, 0.15) is 0 Å². The number of rotatable bonds is 6. The molecule has 2 nitrogen and oxygen atoms in total. The molecule has 2 unspecified atom stereocenters. The van der Waals surface area contributed by atoms with E-state index in [9.17, 15) is 5.11 Å². The van der Waals surface area contributed by atoms with Crippen LogP contribution in [0.1, 0.15) is 39.0 Å². The second-order valence-corrected chi connectivity index (χ2v) is 5.42. The number of thioether (sulfide) groups is 1. The largest absolute Gasteiger partial charge is 0.393 e. The van der Waals surface area contributed by atoms with Crippen LogP contribution >= 0.6 is 11.8 Å². The summed E-state index contributed by atoms with van der Waals surface area (Å²) in [4.78, 5) is 0. The smallest absolute Gasteiger partial charge is 0.0555 e. The molecule has 14 heavy (non-hydrogen) atoms. The summed E-state index contributed by atoms with van der Waals surface area (Å²) in [6.45, 7) is 3.32. The summed E-state index contributed by atoms with van der Waals surface area (Å²) in [5.41, 5.74) is 0. The van der Waals surface area contributed by atoms with Crippen LogP contribution in [0.5, 0.6) is 0 Å². The van der Waals surface area contributed by atoms with Gasteiger partial charge in [-0.15, -0.1) is 0 Å². The molecule has 0 bridgehead atoms. The highest BCUT2D eigenvalue weighted by Crippen LogP contribution is 2.18. The molecule has 0 saturated heterocycles. The minimum Gasteiger partial charge on any atom is -0.393 e. The molecule has 1 rings (SSSR count). The molecule has 3 heteroatoms. The molecule has 0 radical (unpaired) electrons. The molecule has 0 aromatic heterocycles. The predicted molar refractivity (Wildman–Crippen MR) is 63.9 cm³/mol. The minimum absolute atomic E-state index is 0.0498. The fourth-order valence-corrected chi connectivity index (χ4v) is 2.61. The topological polar surface area (TPSA) is 32.3 Å². The SMILES string of the molecule is CCSCCCNC1CCCC(O)C1. The Hall–Kier alpha value is 0.270. The van der Waals surface area contributed by atoms with Crippen molar-refractivity contribution in [2.75, 3.05) is 18.1 Å². The predicted octanol–water partition coefficient (Wildman–Crippen LogP) is 2.02. The molecule has 1 aliphatic rings. The molecule has 1 aliphatic carbocycles. The third kappa shape index (κ3) is 5.23. The third-order valence-electron chi connectivity index (χ3n) is 2.75. The van der Waals surface area contributed by atoms with Crippen molar-refractivity contribution in [2.45, 2.75) is 51.2 Å². The summed E-state index contributed by atoms with van der Waals surface area (Å²) in [5, 5.41) is 13.0. The van der Waals surface area contributed by atoms with E-state index in [-0.39, 0.29) is 6.10 Å². The summed E-state index contributed by atoms with van der Waals surface area (Å²) in [6, 6.07) is 0.574. The zero-order valence-corrected chi connectivity index (χ0v) is 9.98. The minimum atomic E-state index is -0.0498. The lowest BCUT2D eigenvalue weighted by molar-refractivity contribution is 0.112. The summed E-state index contributed by atoms with van der Waals surface area (Å²) in [6.07, 6.45) is 5.60. The molecule has 1 saturated carbocycles. The van der Waals surface area contributed by atoms with Gasteiger partial charge in [-0.3, -0.25) is 0 Å². The van der Waals surface area contributed by atoms with Gasteiger partial charge >= 0.3 is 0 Å². The van der Waals surface area contributed by atoms with Crippen molar-refractivity contribution in [3.63, 3.8) is 0 Å². The van der Waals surface area contributed by atoms with E-state index < -0.39 is 0 Å². The summed E-state index contributed by atoms with van der Waals surface area (Å²) >= 11 is 2.01. The van der Waals surface area contributed by atoms with Crippen molar-refractivity contribution < 1.29 is 5.11 Å². The lowest BCUT2D eigenvalue weighted by Gasteiger charge is -2.26. The van der Waals surface area contributed by atoms with Crippen LogP contribution < -0.4 is 5.32 Å². The Kier molecular flexibility index (Phi) is 6.65. The van der Waals surface area contributed by atoms with E-state index in [2.05, 4.69) is 12.2 Å². The van der Waals surface area contributed by atoms with E-state index >= 15 is 0 Å². The first-order valence-electron chi connectivity index (χ1n) is 5.82. The molecule has 84 valence electrons. The van der Waals surface area contributed by atoms with Crippen LogP contribution in [0.25, 0.3) is 0 Å². The molecule has 2 atom stereocenters. The molecule has 2 N–H and O–H groups in total. The first-order chi connectivity index (χ1) is 6.83. The highest BCUT2D eigenvalue weighted by atomic mass is 32.2. The van der Waals surface area contributed by atoms with Crippen LogP contribution in [0.4, 0.5) is 0 Å². The maximum atomic E-state index is 9.48. The molecular formula is C11H23NOS. The van der Waals surface area contributed by atoms with Gasteiger partial charge in [0.2, 0.25) is 0 Å². The van der Waals surface area contributed by atoms with E-state index in [1.54, 1.807) is 0 Å². The van der Waals surface area contributed by atoms with Gasteiger partial charge in [0, 0.05) is 6.04 Å². The number of hydrogen-bond donors (Lipinski definition) is 2. The maximum Gasteiger partial charge on any atom is 0.0555 e. The molecule has 0 spiro atoms. The number of aliphatic hydroxyl groups excluding tert-OH is 1. The Morgan fingerprint density at radius 3 is 3.00 bits per heavy atom. The summed E-state index contributed by atoms with van der Waals surface area (Å²) in [7, 11) is 0. The van der Waals surface area contributed by atoms with Crippen LogP contribution in [0, 0.1) is 0 Å². The Bertz CT molecular complexity index is 143. The number of hydrogen-bond acceptors (Lipinski definition) is 3. The van der Waals surface area contributed by atoms with Gasteiger partial charge in [0.05, 0.1) is 6.10 Å². The fourth-order valence-electron chi connectivity index (χ4n) is 1.97. The van der Waals surface area contributed by atoms with Crippen LogP contribution in [-0.2, 0) is 0 Å². The molecule has 0 heterocycles. The first-order valence-corrected chi connectivity index (χ1v) is 6.97. The normalized spacial score (nSPS) is 27.9. The van der Waals surface area contributed by atoms with E-state index in [0.717, 1.165) is 19.4 Å². The average Bonchev–Trinajstić information content (AvgIpc) is 2.18. The van der Waals surface area contributed by atoms with Crippen molar-refractivity contribution in [1.29, 1.82) is 0 Å². The zero-order valence-electron chi connectivity index (χ0n) is 9.17. The Morgan fingerprint density at radius 2 is 2.29 bits per heavy atom. The molecule has 1 fully saturated rings. The molecule has 0 aromatic rings. The van der Waals surface area contributed by atoms with Crippen LogP contribution in [0.3, 0.4) is 0 Å². The molecular weight excluding hydrogens is 194 g/mol. The van der Waals surface area contributed by atoms with Gasteiger partial charge in [-0.1, -0.05) is 6.92 Å². The molecule has 0 aromatic carbocycles. The monoisotopic (exact) mass is 217 g/mol. The molecule has 0 aliphatic heterocycles. The van der Waals surface area contributed by atoms with Crippen LogP contribution in [-0.4, -0.2) is 35.3 Å². The Morgan fingerprint density at radius 1 is 1.43 bits per heavy atom. The Labute approximate surface area is 91.9 Å². The van der Waals surface area contributed by atoms with E-state index in [1.807, 2.05) is 11.8 Å². The third-order valence-corrected chi connectivity index (χ3v) is 3.73. The number of aliphatic hydroxyl groups is 1. The number of nitrogens with one attached hydrogen (secondary N) is 1. The van der Waals surface area contributed by atoms with Crippen molar-refractivity contribution in [2.24, 2.45) is 0 Å². The van der Waals surface area contributed by atoms with Gasteiger partial charge < -0.3 is 10.4 Å². The first kappa shape index (κ1) is 12.3.